The summed E-state index contributed by atoms with van der Waals surface area (Å²) in [5.74, 6) is -0.482. The predicted molar refractivity (Wildman–Crippen MR) is 99.1 cm³/mol. The zero-order valence-electron chi connectivity index (χ0n) is 13.5. The molecule has 1 N–H and O–H groups in total. The minimum atomic E-state index is -3.48. The second-order valence-corrected chi connectivity index (χ2v) is 8.33. The van der Waals surface area contributed by atoms with Gasteiger partial charge < -0.3 is 9.88 Å². The molecular formula is C18H14ClN3O3S. The number of anilines is 1. The highest BCUT2D eigenvalue weighted by Gasteiger charge is 2.35. The Morgan fingerprint density at radius 2 is 1.88 bits per heavy atom. The van der Waals surface area contributed by atoms with E-state index in [9.17, 15) is 13.2 Å². The van der Waals surface area contributed by atoms with Gasteiger partial charge in [0.25, 0.3) is 5.91 Å². The first-order valence-corrected chi connectivity index (χ1v) is 9.94. The highest BCUT2D eigenvalue weighted by molar-refractivity contribution is 7.91. The SMILES string of the molecule is O=C(Nc1cccc(Cl)c1)c1c(-c2ccccc2)nc2n1CCS2(=O)=O. The van der Waals surface area contributed by atoms with Crippen LogP contribution in [0.25, 0.3) is 11.3 Å². The lowest BCUT2D eigenvalue weighted by Crippen LogP contribution is -2.17. The molecule has 8 heteroatoms. The first-order chi connectivity index (χ1) is 12.5. The van der Waals surface area contributed by atoms with E-state index < -0.39 is 15.7 Å². The fourth-order valence-electron chi connectivity index (χ4n) is 2.96. The first-order valence-electron chi connectivity index (χ1n) is 7.91. The number of amides is 1. The van der Waals surface area contributed by atoms with Gasteiger partial charge in [0.15, 0.2) is 0 Å². The summed E-state index contributed by atoms with van der Waals surface area (Å²) in [5.41, 5.74) is 1.79. The number of hydrogen-bond acceptors (Lipinski definition) is 4. The Morgan fingerprint density at radius 3 is 2.62 bits per heavy atom. The van der Waals surface area contributed by atoms with E-state index in [1.165, 1.54) is 4.57 Å². The van der Waals surface area contributed by atoms with Gasteiger partial charge in [-0.2, -0.15) is 0 Å². The maximum absolute atomic E-state index is 12.9. The molecule has 1 aromatic heterocycles. The number of aromatic nitrogens is 2. The molecule has 0 bridgehead atoms. The topological polar surface area (TPSA) is 81.1 Å². The number of hydrogen-bond donors (Lipinski definition) is 1. The molecule has 0 atom stereocenters. The Kier molecular flexibility index (Phi) is 4.05. The van der Waals surface area contributed by atoms with Crippen LogP contribution in [0.1, 0.15) is 10.5 Å². The summed E-state index contributed by atoms with van der Waals surface area (Å²) >= 11 is 5.96. The number of benzene rings is 2. The summed E-state index contributed by atoms with van der Waals surface area (Å²) < 4.78 is 26.0. The van der Waals surface area contributed by atoms with E-state index in [1.54, 1.807) is 36.4 Å². The molecule has 1 amide bonds. The number of sulfone groups is 1. The van der Waals surface area contributed by atoms with Crippen LogP contribution in [0.2, 0.25) is 5.02 Å². The third-order valence-corrected chi connectivity index (χ3v) is 5.96. The number of nitrogens with zero attached hydrogens (tertiary/aromatic N) is 2. The molecule has 0 saturated heterocycles. The van der Waals surface area contributed by atoms with Crippen LogP contribution in [0.4, 0.5) is 5.69 Å². The third kappa shape index (κ3) is 2.89. The quantitative estimate of drug-likeness (QED) is 0.748. The van der Waals surface area contributed by atoms with Crippen LogP contribution in [0.3, 0.4) is 0 Å². The van der Waals surface area contributed by atoms with Crippen molar-refractivity contribution in [1.82, 2.24) is 9.55 Å². The van der Waals surface area contributed by atoms with Crippen LogP contribution in [0.15, 0.2) is 59.8 Å². The van der Waals surface area contributed by atoms with Gasteiger partial charge in [-0.3, -0.25) is 4.79 Å². The van der Waals surface area contributed by atoms with Gasteiger partial charge >= 0.3 is 0 Å². The molecular weight excluding hydrogens is 374 g/mol. The standard InChI is InChI=1S/C18H14ClN3O3S/c19-13-7-4-8-14(11-13)20-17(23)16-15(12-5-2-1-3-6-12)21-18-22(16)9-10-26(18,24)25/h1-8,11H,9-10H2,(H,20,23). The van der Waals surface area contributed by atoms with Gasteiger partial charge in [0.2, 0.25) is 15.0 Å². The summed E-state index contributed by atoms with van der Waals surface area (Å²) in [7, 11) is -3.48. The molecule has 2 aromatic carbocycles. The Balaban J connectivity index is 1.83. The van der Waals surface area contributed by atoms with Crippen LogP contribution in [0, 0.1) is 0 Å². The molecule has 0 spiro atoms. The van der Waals surface area contributed by atoms with Crippen molar-refractivity contribution >= 4 is 33.0 Å². The smallest absolute Gasteiger partial charge is 0.274 e. The van der Waals surface area contributed by atoms with Crippen molar-refractivity contribution in [2.24, 2.45) is 0 Å². The van der Waals surface area contributed by atoms with Crippen molar-refractivity contribution in [1.29, 1.82) is 0 Å². The van der Waals surface area contributed by atoms with Crippen molar-refractivity contribution in [3.8, 4) is 11.3 Å². The monoisotopic (exact) mass is 387 g/mol. The Hall–Kier alpha value is -2.64. The second kappa shape index (κ2) is 6.26. The van der Waals surface area contributed by atoms with Crippen molar-refractivity contribution in [2.45, 2.75) is 11.7 Å². The Bertz CT molecular complexity index is 1110. The largest absolute Gasteiger partial charge is 0.321 e. The lowest BCUT2D eigenvalue weighted by Gasteiger charge is -2.09. The van der Waals surface area contributed by atoms with Crippen LogP contribution >= 0.6 is 11.6 Å². The first kappa shape index (κ1) is 16.8. The summed E-state index contributed by atoms with van der Waals surface area (Å²) in [4.78, 5) is 17.2. The fourth-order valence-corrected chi connectivity index (χ4v) is 4.51. The van der Waals surface area contributed by atoms with E-state index in [2.05, 4.69) is 10.3 Å². The van der Waals surface area contributed by atoms with Crippen LogP contribution < -0.4 is 5.32 Å². The average molecular weight is 388 g/mol. The minimum absolute atomic E-state index is 0.0537. The van der Waals surface area contributed by atoms with Gasteiger partial charge in [0.05, 0.1) is 5.75 Å². The lowest BCUT2D eigenvalue weighted by molar-refractivity contribution is 0.101. The summed E-state index contributed by atoms with van der Waals surface area (Å²) in [6, 6.07) is 15.8. The van der Waals surface area contributed by atoms with Gasteiger partial charge in [-0.05, 0) is 18.2 Å². The molecule has 132 valence electrons. The van der Waals surface area contributed by atoms with Crippen LogP contribution in [-0.2, 0) is 16.4 Å². The molecule has 0 saturated carbocycles. The molecule has 1 aliphatic rings. The Morgan fingerprint density at radius 1 is 1.12 bits per heavy atom. The molecule has 0 aliphatic carbocycles. The minimum Gasteiger partial charge on any atom is -0.321 e. The number of nitrogens with one attached hydrogen (secondary N) is 1. The van der Waals surface area contributed by atoms with Gasteiger partial charge in [-0.15, -0.1) is 0 Å². The van der Waals surface area contributed by atoms with Crippen molar-refractivity contribution in [2.75, 3.05) is 11.1 Å². The second-order valence-electron chi connectivity index (χ2n) is 5.89. The van der Waals surface area contributed by atoms with Crippen molar-refractivity contribution in [3.05, 3.63) is 65.3 Å². The maximum Gasteiger partial charge on any atom is 0.274 e. The molecule has 6 nitrogen and oxygen atoms in total. The van der Waals surface area contributed by atoms with E-state index in [0.29, 0.717) is 22.0 Å². The number of rotatable bonds is 3. The number of fused-ring (bicyclic) bond motifs is 1. The Labute approximate surface area is 155 Å². The lowest BCUT2D eigenvalue weighted by atomic mass is 10.1. The van der Waals surface area contributed by atoms with E-state index in [0.717, 1.165) is 0 Å². The number of carbonyl (C=O) groups excluding carboxylic acids is 1. The van der Waals surface area contributed by atoms with Crippen LogP contribution in [-0.4, -0.2) is 29.6 Å². The van der Waals surface area contributed by atoms with Crippen molar-refractivity contribution < 1.29 is 13.2 Å². The number of halogens is 1. The van der Waals surface area contributed by atoms with Gasteiger partial charge in [0.1, 0.15) is 11.4 Å². The van der Waals surface area contributed by atoms with E-state index in [4.69, 9.17) is 11.6 Å². The van der Waals surface area contributed by atoms with Gasteiger partial charge in [-0.25, -0.2) is 13.4 Å². The summed E-state index contributed by atoms with van der Waals surface area (Å²) in [6.07, 6.45) is 0. The molecule has 3 aromatic rings. The summed E-state index contributed by atoms with van der Waals surface area (Å²) in [6.45, 7) is 0.204. The molecule has 2 heterocycles. The molecule has 0 fully saturated rings. The van der Waals surface area contributed by atoms with E-state index in [1.807, 2.05) is 18.2 Å². The van der Waals surface area contributed by atoms with Crippen molar-refractivity contribution in [3.63, 3.8) is 0 Å². The van der Waals surface area contributed by atoms with Gasteiger partial charge in [0, 0.05) is 22.8 Å². The van der Waals surface area contributed by atoms with E-state index >= 15 is 0 Å². The van der Waals surface area contributed by atoms with E-state index in [-0.39, 0.29) is 23.1 Å². The summed E-state index contributed by atoms with van der Waals surface area (Å²) in [5, 5.41) is 3.20. The maximum atomic E-state index is 12.9. The normalized spacial score (nSPS) is 14.8. The number of imidazole rings is 1. The molecule has 0 unspecified atom stereocenters. The molecule has 0 radical (unpaired) electrons. The van der Waals surface area contributed by atoms with Gasteiger partial charge in [-0.1, -0.05) is 48.0 Å². The third-order valence-electron chi connectivity index (χ3n) is 4.14. The molecule has 26 heavy (non-hydrogen) atoms. The highest BCUT2D eigenvalue weighted by atomic mass is 35.5. The fraction of sp³-hybridized carbons (Fsp3) is 0.111. The highest BCUT2D eigenvalue weighted by Crippen LogP contribution is 2.31. The average Bonchev–Trinajstić information content (AvgIpc) is 3.14. The zero-order chi connectivity index (χ0) is 18.3. The molecule has 1 aliphatic heterocycles. The zero-order valence-corrected chi connectivity index (χ0v) is 15.1. The molecule has 4 rings (SSSR count). The van der Waals surface area contributed by atoms with Crippen LogP contribution in [0.5, 0.6) is 0 Å². The predicted octanol–water partition coefficient (Wildman–Crippen LogP) is 3.24. The number of carbonyl (C=O) groups is 1.